The highest BCUT2D eigenvalue weighted by atomic mass is 79.9. The largest absolute Gasteiger partial charge is 0.326 e. The summed E-state index contributed by atoms with van der Waals surface area (Å²) in [6, 6.07) is 11.9. The maximum atomic E-state index is 11.9. The average molecular weight is 353 g/mol. The van der Waals surface area contributed by atoms with Crippen molar-refractivity contribution in [3.8, 4) is 0 Å². The third-order valence-electron chi connectivity index (χ3n) is 2.82. The molecule has 0 fully saturated rings. The Labute approximate surface area is 131 Å². The van der Waals surface area contributed by atoms with Gasteiger partial charge in [0, 0.05) is 34.0 Å². The lowest BCUT2D eigenvalue weighted by Crippen LogP contribution is -2.30. The molecule has 0 aliphatic rings. The van der Waals surface area contributed by atoms with E-state index in [1.807, 2.05) is 37.3 Å². The molecule has 1 amide bonds. The number of hydrogen-bond acceptors (Lipinski definition) is 3. The molecule has 20 heavy (non-hydrogen) atoms. The minimum Gasteiger partial charge on any atom is -0.326 e. The molecule has 0 spiro atoms. The van der Waals surface area contributed by atoms with Crippen LogP contribution in [0.4, 0.5) is 5.69 Å². The van der Waals surface area contributed by atoms with Gasteiger partial charge in [-0.15, -0.1) is 11.3 Å². The summed E-state index contributed by atoms with van der Waals surface area (Å²) < 4.78 is 1.00. The average Bonchev–Trinajstić information content (AvgIpc) is 2.92. The van der Waals surface area contributed by atoms with E-state index in [9.17, 15) is 4.79 Å². The zero-order valence-corrected chi connectivity index (χ0v) is 13.6. The molecule has 0 bridgehead atoms. The van der Waals surface area contributed by atoms with E-state index in [1.54, 1.807) is 11.3 Å². The quantitative estimate of drug-likeness (QED) is 0.824. The molecule has 106 valence electrons. The SMILES string of the molecule is CC(CC(=O)Nc1ccc(Br)cc1)NCc1cccs1. The summed E-state index contributed by atoms with van der Waals surface area (Å²) in [6.07, 6.45) is 0.460. The van der Waals surface area contributed by atoms with Gasteiger partial charge in [-0.25, -0.2) is 0 Å². The Hall–Kier alpha value is -1.17. The predicted octanol–water partition coefficient (Wildman–Crippen LogP) is 4.02. The van der Waals surface area contributed by atoms with Crippen LogP contribution in [0.3, 0.4) is 0 Å². The minimum absolute atomic E-state index is 0.0264. The Morgan fingerprint density at radius 2 is 2.05 bits per heavy atom. The van der Waals surface area contributed by atoms with Gasteiger partial charge in [-0.3, -0.25) is 4.79 Å². The van der Waals surface area contributed by atoms with Crippen molar-refractivity contribution < 1.29 is 4.79 Å². The Morgan fingerprint density at radius 3 is 2.70 bits per heavy atom. The number of carbonyl (C=O) groups excluding carboxylic acids is 1. The summed E-state index contributed by atoms with van der Waals surface area (Å²) in [5.74, 6) is 0.0264. The number of rotatable bonds is 6. The third kappa shape index (κ3) is 5.07. The monoisotopic (exact) mass is 352 g/mol. The van der Waals surface area contributed by atoms with Crippen molar-refractivity contribution in [2.45, 2.75) is 25.9 Å². The predicted molar refractivity (Wildman–Crippen MR) is 88.0 cm³/mol. The van der Waals surface area contributed by atoms with Crippen molar-refractivity contribution in [2.75, 3.05) is 5.32 Å². The minimum atomic E-state index is 0.0264. The summed E-state index contributed by atoms with van der Waals surface area (Å²) >= 11 is 5.09. The summed E-state index contributed by atoms with van der Waals surface area (Å²) in [7, 11) is 0. The first-order valence-electron chi connectivity index (χ1n) is 6.44. The van der Waals surface area contributed by atoms with Crippen LogP contribution in [0.25, 0.3) is 0 Å². The van der Waals surface area contributed by atoms with Gasteiger partial charge in [-0.2, -0.15) is 0 Å². The van der Waals surface area contributed by atoms with E-state index in [-0.39, 0.29) is 11.9 Å². The normalized spacial score (nSPS) is 12.1. The second-order valence-corrected chi connectivity index (χ2v) is 6.57. The molecule has 1 atom stereocenters. The molecule has 2 rings (SSSR count). The molecule has 1 unspecified atom stereocenters. The van der Waals surface area contributed by atoms with E-state index in [4.69, 9.17) is 0 Å². The lowest BCUT2D eigenvalue weighted by Gasteiger charge is -2.13. The maximum Gasteiger partial charge on any atom is 0.225 e. The fraction of sp³-hybridized carbons (Fsp3) is 0.267. The summed E-state index contributed by atoms with van der Waals surface area (Å²) in [5, 5.41) is 8.31. The summed E-state index contributed by atoms with van der Waals surface area (Å²) in [4.78, 5) is 13.2. The van der Waals surface area contributed by atoms with Crippen molar-refractivity contribution in [1.82, 2.24) is 5.32 Å². The van der Waals surface area contributed by atoms with Gasteiger partial charge in [-0.05, 0) is 42.6 Å². The van der Waals surface area contributed by atoms with Crippen molar-refractivity contribution in [3.05, 3.63) is 51.1 Å². The van der Waals surface area contributed by atoms with Crippen molar-refractivity contribution in [3.63, 3.8) is 0 Å². The standard InChI is InChI=1S/C15H17BrN2OS/c1-11(17-10-14-3-2-8-20-14)9-15(19)18-13-6-4-12(16)5-7-13/h2-8,11,17H,9-10H2,1H3,(H,18,19). The zero-order chi connectivity index (χ0) is 14.4. The zero-order valence-electron chi connectivity index (χ0n) is 11.2. The molecule has 2 aromatic rings. The number of anilines is 1. The van der Waals surface area contributed by atoms with Crippen LogP contribution in [-0.2, 0) is 11.3 Å². The van der Waals surface area contributed by atoms with Gasteiger partial charge in [0.05, 0.1) is 0 Å². The van der Waals surface area contributed by atoms with Crippen LogP contribution in [0, 0.1) is 0 Å². The van der Waals surface area contributed by atoms with Crippen LogP contribution in [0.1, 0.15) is 18.2 Å². The molecule has 2 N–H and O–H groups in total. The van der Waals surface area contributed by atoms with Crippen molar-refractivity contribution in [1.29, 1.82) is 0 Å². The van der Waals surface area contributed by atoms with Gasteiger partial charge in [0.2, 0.25) is 5.91 Å². The maximum absolute atomic E-state index is 11.9. The molecule has 1 aromatic carbocycles. The number of thiophene rings is 1. The molecule has 3 nitrogen and oxygen atoms in total. The molecule has 0 aliphatic carbocycles. The van der Waals surface area contributed by atoms with Crippen LogP contribution in [0.5, 0.6) is 0 Å². The summed E-state index contributed by atoms with van der Waals surface area (Å²) in [6.45, 7) is 2.83. The molecule has 0 aliphatic heterocycles. The molecule has 0 saturated carbocycles. The van der Waals surface area contributed by atoms with E-state index in [1.165, 1.54) is 4.88 Å². The third-order valence-corrected chi connectivity index (χ3v) is 4.23. The first kappa shape index (κ1) is 15.2. The Kier molecular flexibility index (Phi) is 5.76. The van der Waals surface area contributed by atoms with Gasteiger partial charge in [0.25, 0.3) is 0 Å². The van der Waals surface area contributed by atoms with E-state index in [0.717, 1.165) is 16.7 Å². The van der Waals surface area contributed by atoms with Crippen LogP contribution in [0.15, 0.2) is 46.3 Å². The van der Waals surface area contributed by atoms with Gasteiger partial charge in [0.1, 0.15) is 0 Å². The fourth-order valence-corrected chi connectivity index (χ4v) is 2.70. The van der Waals surface area contributed by atoms with Crippen LogP contribution < -0.4 is 10.6 Å². The first-order chi connectivity index (χ1) is 9.63. The number of benzene rings is 1. The van der Waals surface area contributed by atoms with Gasteiger partial charge < -0.3 is 10.6 Å². The van der Waals surface area contributed by atoms with E-state index in [2.05, 4.69) is 38.0 Å². The van der Waals surface area contributed by atoms with Gasteiger partial charge in [0.15, 0.2) is 0 Å². The smallest absolute Gasteiger partial charge is 0.225 e. The second-order valence-electron chi connectivity index (χ2n) is 4.62. The Bertz CT molecular complexity index is 540. The molecular weight excluding hydrogens is 336 g/mol. The van der Waals surface area contributed by atoms with Crippen LogP contribution >= 0.6 is 27.3 Å². The number of hydrogen-bond donors (Lipinski definition) is 2. The number of amides is 1. The highest BCUT2D eigenvalue weighted by molar-refractivity contribution is 9.10. The molecule has 5 heteroatoms. The number of halogens is 1. The van der Waals surface area contributed by atoms with Crippen LogP contribution in [-0.4, -0.2) is 11.9 Å². The van der Waals surface area contributed by atoms with Crippen molar-refractivity contribution >= 4 is 38.9 Å². The Balaban J connectivity index is 1.74. The van der Waals surface area contributed by atoms with E-state index < -0.39 is 0 Å². The fourth-order valence-electron chi connectivity index (χ4n) is 1.78. The van der Waals surface area contributed by atoms with Gasteiger partial charge in [-0.1, -0.05) is 22.0 Å². The highest BCUT2D eigenvalue weighted by Gasteiger charge is 2.09. The summed E-state index contributed by atoms with van der Waals surface area (Å²) in [5.41, 5.74) is 0.823. The molecule has 0 radical (unpaired) electrons. The van der Waals surface area contributed by atoms with Crippen molar-refractivity contribution in [2.24, 2.45) is 0 Å². The van der Waals surface area contributed by atoms with E-state index >= 15 is 0 Å². The molecule has 1 heterocycles. The van der Waals surface area contributed by atoms with E-state index in [0.29, 0.717) is 6.42 Å². The first-order valence-corrected chi connectivity index (χ1v) is 8.12. The van der Waals surface area contributed by atoms with Crippen LogP contribution in [0.2, 0.25) is 0 Å². The molecule has 1 aromatic heterocycles. The highest BCUT2D eigenvalue weighted by Crippen LogP contribution is 2.14. The lowest BCUT2D eigenvalue weighted by atomic mass is 10.2. The second kappa shape index (κ2) is 7.57. The number of carbonyl (C=O) groups is 1. The van der Waals surface area contributed by atoms with Gasteiger partial charge >= 0.3 is 0 Å². The topological polar surface area (TPSA) is 41.1 Å². The molecular formula is C15H17BrN2OS. The molecule has 0 saturated heterocycles. The number of nitrogens with one attached hydrogen (secondary N) is 2. The lowest BCUT2D eigenvalue weighted by molar-refractivity contribution is -0.116. The Morgan fingerprint density at radius 1 is 1.30 bits per heavy atom.